The maximum Gasteiger partial charge on any atom is 0.331 e. The smallest absolute Gasteiger partial charge is 0.331 e. The molecule has 1 aliphatic heterocycles. The van der Waals surface area contributed by atoms with Gasteiger partial charge in [-0.1, -0.05) is 6.08 Å². The summed E-state index contributed by atoms with van der Waals surface area (Å²) in [7, 11) is -4.30. The lowest BCUT2D eigenvalue weighted by atomic mass is 10.00. The van der Waals surface area contributed by atoms with Crippen LogP contribution in [0.4, 0.5) is 0 Å². The second-order valence-corrected chi connectivity index (χ2v) is 8.93. The predicted molar refractivity (Wildman–Crippen MR) is 97.7 cm³/mol. The Kier molecular flexibility index (Phi) is 11.0. The lowest BCUT2D eigenvalue weighted by Crippen LogP contribution is -2.32. The number of nitrogens with zero attached hydrogens (tertiary/aromatic N) is 1. The van der Waals surface area contributed by atoms with Crippen molar-refractivity contribution in [3.8, 4) is 6.07 Å². The molecule has 0 radical (unpaired) electrons. The minimum atomic E-state index is -3.20. The van der Waals surface area contributed by atoms with E-state index in [1.807, 2.05) is 12.7 Å². The summed E-state index contributed by atoms with van der Waals surface area (Å²) >= 11 is 0. The molecular formula is C16H29NO6P2. The lowest BCUT2D eigenvalue weighted by molar-refractivity contribution is 0.0280. The summed E-state index contributed by atoms with van der Waals surface area (Å²) in [5.41, 5.74) is 0. The van der Waals surface area contributed by atoms with Crippen LogP contribution in [0.1, 0.15) is 26.7 Å². The van der Waals surface area contributed by atoms with Gasteiger partial charge in [0.15, 0.2) is 8.38 Å². The van der Waals surface area contributed by atoms with Gasteiger partial charge >= 0.3 is 7.60 Å². The molecule has 2 unspecified atom stereocenters. The summed E-state index contributed by atoms with van der Waals surface area (Å²) < 4.78 is 40.9. The van der Waals surface area contributed by atoms with Gasteiger partial charge in [-0.05, 0) is 20.3 Å². The van der Waals surface area contributed by atoms with Gasteiger partial charge in [0.2, 0.25) is 0 Å². The van der Waals surface area contributed by atoms with E-state index in [0.29, 0.717) is 32.8 Å². The van der Waals surface area contributed by atoms with Crippen LogP contribution in [0, 0.1) is 17.2 Å². The first-order chi connectivity index (χ1) is 12.0. The molecule has 1 saturated heterocycles. The van der Waals surface area contributed by atoms with E-state index in [9.17, 15) is 4.57 Å². The normalized spacial score (nSPS) is 23.1. The Bertz CT molecular complexity index is 474. The van der Waals surface area contributed by atoms with Crippen molar-refractivity contribution in [2.75, 3.05) is 39.3 Å². The highest BCUT2D eigenvalue weighted by Gasteiger charge is 2.40. The monoisotopic (exact) mass is 393 g/mol. The SMILES string of the molecule is C=C[C@@H](CP(=O)(OCC)OCC)[C@H]1OCCC1OP(C)OCCC#N. The molecule has 0 aromatic rings. The Labute approximate surface area is 152 Å². The molecule has 0 bridgehead atoms. The molecule has 0 N–H and O–H groups in total. The van der Waals surface area contributed by atoms with Crippen LogP contribution in [0.2, 0.25) is 0 Å². The summed E-state index contributed by atoms with van der Waals surface area (Å²) in [5.74, 6) is -0.209. The van der Waals surface area contributed by atoms with Gasteiger partial charge in [-0.2, -0.15) is 5.26 Å². The summed E-state index contributed by atoms with van der Waals surface area (Å²) in [4.78, 5) is 0. The molecule has 25 heavy (non-hydrogen) atoms. The van der Waals surface area contributed by atoms with Crippen LogP contribution >= 0.6 is 16.0 Å². The maximum atomic E-state index is 12.8. The van der Waals surface area contributed by atoms with Crippen molar-refractivity contribution < 1.29 is 27.4 Å². The molecule has 7 nitrogen and oxygen atoms in total. The molecule has 4 atom stereocenters. The van der Waals surface area contributed by atoms with Gasteiger partial charge in [0.05, 0.1) is 50.7 Å². The zero-order chi connectivity index (χ0) is 18.7. The summed E-state index contributed by atoms with van der Waals surface area (Å²) in [6, 6.07) is 2.04. The van der Waals surface area contributed by atoms with Crippen molar-refractivity contribution >= 4 is 16.0 Å². The van der Waals surface area contributed by atoms with E-state index >= 15 is 0 Å². The number of hydrogen-bond donors (Lipinski definition) is 0. The minimum Gasteiger partial charge on any atom is -0.375 e. The third-order valence-corrected chi connectivity index (χ3v) is 6.95. The third-order valence-electron chi connectivity index (χ3n) is 3.66. The molecule has 1 aliphatic rings. The van der Waals surface area contributed by atoms with E-state index in [0.717, 1.165) is 6.42 Å². The molecule has 0 aliphatic carbocycles. The van der Waals surface area contributed by atoms with Crippen molar-refractivity contribution in [2.45, 2.75) is 38.9 Å². The van der Waals surface area contributed by atoms with Gasteiger partial charge in [0.25, 0.3) is 0 Å². The van der Waals surface area contributed by atoms with E-state index in [4.69, 9.17) is 28.1 Å². The van der Waals surface area contributed by atoms with Crippen LogP contribution < -0.4 is 0 Å². The van der Waals surface area contributed by atoms with Crippen molar-refractivity contribution in [1.29, 1.82) is 5.26 Å². The highest BCUT2D eigenvalue weighted by atomic mass is 31.2. The molecule has 1 fully saturated rings. The van der Waals surface area contributed by atoms with Gasteiger partial charge in [0.1, 0.15) is 0 Å². The van der Waals surface area contributed by atoms with Gasteiger partial charge in [-0.3, -0.25) is 4.57 Å². The minimum absolute atomic E-state index is 0.169. The van der Waals surface area contributed by atoms with Crippen LogP contribution in [0.5, 0.6) is 0 Å². The fourth-order valence-corrected chi connectivity index (χ4v) is 5.61. The zero-order valence-electron chi connectivity index (χ0n) is 15.3. The Morgan fingerprint density at radius 3 is 2.68 bits per heavy atom. The van der Waals surface area contributed by atoms with E-state index in [-0.39, 0.29) is 24.3 Å². The van der Waals surface area contributed by atoms with E-state index in [2.05, 4.69) is 6.58 Å². The highest BCUT2D eigenvalue weighted by molar-refractivity contribution is 7.53. The van der Waals surface area contributed by atoms with Gasteiger partial charge in [0, 0.05) is 19.2 Å². The third kappa shape index (κ3) is 7.85. The first-order valence-corrected chi connectivity index (χ1v) is 11.9. The molecule has 0 aromatic carbocycles. The van der Waals surface area contributed by atoms with Gasteiger partial charge < -0.3 is 22.8 Å². The average Bonchev–Trinajstić information content (AvgIpc) is 3.01. The van der Waals surface area contributed by atoms with Crippen molar-refractivity contribution in [3.63, 3.8) is 0 Å². The zero-order valence-corrected chi connectivity index (χ0v) is 17.0. The van der Waals surface area contributed by atoms with Gasteiger partial charge in [-0.15, -0.1) is 6.58 Å². The molecule has 1 heterocycles. The first kappa shape index (κ1) is 22.7. The van der Waals surface area contributed by atoms with Crippen LogP contribution in [0.3, 0.4) is 0 Å². The fraction of sp³-hybridized carbons (Fsp3) is 0.812. The Morgan fingerprint density at radius 1 is 1.44 bits per heavy atom. The lowest BCUT2D eigenvalue weighted by Gasteiger charge is -2.29. The molecule has 0 spiro atoms. The Balaban J connectivity index is 2.68. The van der Waals surface area contributed by atoms with E-state index < -0.39 is 16.0 Å². The molecule has 1 rings (SSSR count). The van der Waals surface area contributed by atoms with Crippen LogP contribution in [-0.4, -0.2) is 51.5 Å². The maximum absolute atomic E-state index is 12.8. The fourth-order valence-electron chi connectivity index (χ4n) is 2.65. The standard InChI is InChI=1S/C16H29NO6P2/c1-5-14(13-25(18,21-6-2)22-7-3)16-15(9-12-19-16)23-24(4)20-11-8-10-17/h5,14-16H,1,6-9,11-13H2,2-4H3/t14-,15?,16+,24?/m0/s1. The number of nitriles is 1. The van der Waals surface area contributed by atoms with Crippen molar-refractivity contribution in [2.24, 2.45) is 5.92 Å². The number of hydrogen-bond acceptors (Lipinski definition) is 7. The second kappa shape index (κ2) is 12.1. The number of rotatable bonds is 13. The van der Waals surface area contributed by atoms with Crippen LogP contribution in [0.15, 0.2) is 12.7 Å². The molecule has 0 amide bonds. The van der Waals surface area contributed by atoms with Crippen LogP contribution in [0.25, 0.3) is 0 Å². The summed E-state index contributed by atoms with van der Waals surface area (Å²) in [5, 5.41) is 8.56. The first-order valence-electron chi connectivity index (χ1n) is 8.52. The molecule has 144 valence electrons. The van der Waals surface area contributed by atoms with Crippen molar-refractivity contribution in [3.05, 3.63) is 12.7 Å². The molecule has 0 saturated carbocycles. The Morgan fingerprint density at radius 2 is 2.12 bits per heavy atom. The van der Waals surface area contributed by atoms with Gasteiger partial charge in [-0.25, -0.2) is 0 Å². The quantitative estimate of drug-likeness (QED) is 0.264. The average molecular weight is 393 g/mol. The van der Waals surface area contributed by atoms with E-state index in [1.165, 1.54) is 0 Å². The molecule has 0 aromatic heterocycles. The predicted octanol–water partition coefficient (Wildman–Crippen LogP) is 4.10. The topological polar surface area (TPSA) is 87.0 Å². The second-order valence-electron chi connectivity index (χ2n) is 5.48. The molecule has 9 heteroatoms. The Hall–Kier alpha value is -0.310. The summed E-state index contributed by atoms with van der Waals surface area (Å²) in [6.45, 7) is 10.8. The summed E-state index contributed by atoms with van der Waals surface area (Å²) in [6.07, 6.45) is 2.57. The van der Waals surface area contributed by atoms with Crippen molar-refractivity contribution in [1.82, 2.24) is 0 Å². The molecular weight excluding hydrogens is 364 g/mol. The largest absolute Gasteiger partial charge is 0.375 e. The van der Waals surface area contributed by atoms with E-state index in [1.54, 1.807) is 19.9 Å². The van der Waals surface area contributed by atoms with Crippen LogP contribution in [-0.2, 0) is 27.4 Å². The highest BCUT2D eigenvalue weighted by Crippen LogP contribution is 2.51. The number of ether oxygens (including phenoxy) is 1.